The molecule has 0 saturated heterocycles. The van der Waals surface area contributed by atoms with Crippen molar-refractivity contribution in [2.24, 2.45) is 5.92 Å². The third-order valence-corrected chi connectivity index (χ3v) is 7.00. The highest BCUT2D eigenvalue weighted by molar-refractivity contribution is 7.91. The molecule has 2 aliphatic rings. The fourth-order valence-electron chi connectivity index (χ4n) is 3.61. The number of nitrogens with one attached hydrogen (secondary N) is 1. The van der Waals surface area contributed by atoms with Gasteiger partial charge >= 0.3 is 0 Å². The lowest BCUT2D eigenvalue weighted by molar-refractivity contribution is -0.122. The number of hydrogen-bond acceptors (Lipinski definition) is 6. The molecule has 0 bridgehead atoms. The van der Waals surface area contributed by atoms with Crippen molar-refractivity contribution in [2.75, 3.05) is 12.9 Å². The largest absolute Gasteiger partial charge is 0.299 e. The van der Waals surface area contributed by atoms with Crippen molar-refractivity contribution < 1.29 is 22.8 Å². The molecular weight excluding hydrogens is 378 g/mol. The zero-order chi connectivity index (χ0) is 19.1. The van der Waals surface area contributed by atoms with Crippen molar-refractivity contribution in [3.8, 4) is 0 Å². The number of fused-ring (bicyclic) bond motifs is 1. The number of carbonyl (C=O) groups excluding carboxylic acids is 2. The highest BCUT2D eigenvalue weighted by Gasteiger charge is 2.38. The molecule has 1 aliphatic carbocycles. The quantitative estimate of drug-likeness (QED) is 0.363. The zero-order valence-corrected chi connectivity index (χ0v) is 16.1. The average Bonchev–Trinajstić information content (AvgIpc) is 2.57. The van der Waals surface area contributed by atoms with Crippen molar-refractivity contribution in [1.29, 1.82) is 0 Å². The number of alkyl halides is 1. The molecule has 1 aromatic rings. The van der Waals surface area contributed by atoms with E-state index in [-0.39, 0.29) is 22.2 Å². The van der Waals surface area contributed by atoms with Crippen LogP contribution in [0.2, 0.25) is 0 Å². The Morgan fingerprint density at radius 2 is 2.08 bits per heavy atom. The van der Waals surface area contributed by atoms with Gasteiger partial charge in [-0.05, 0) is 43.5 Å². The molecule has 1 saturated carbocycles. The van der Waals surface area contributed by atoms with Gasteiger partial charge in [0.05, 0.1) is 34.8 Å². The summed E-state index contributed by atoms with van der Waals surface area (Å²) in [5, 5.41) is -0.532. The number of ketones is 2. The highest BCUT2D eigenvalue weighted by Crippen LogP contribution is 2.35. The van der Waals surface area contributed by atoms with Crippen LogP contribution in [-0.4, -0.2) is 38.2 Å². The summed E-state index contributed by atoms with van der Waals surface area (Å²) in [6.45, 7) is 1.68. The number of Topliss-reactive ketones (excluding diaryl/α,β-unsaturated/α-hetero) is 2. The fraction of sp³-hybridized carbons (Fsp3) is 0.444. The Morgan fingerprint density at radius 1 is 1.35 bits per heavy atom. The number of sulfone groups is 1. The van der Waals surface area contributed by atoms with Crippen LogP contribution in [0, 0.1) is 12.8 Å². The van der Waals surface area contributed by atoms with E-state index in [9.17, 15) is 18.0 Å². The van der Waals surface area contributed by atoms with Gasteiger partial charge in [0, 0.05) is 17.5 Å². The maximum absolute atomic E-state index is 13.0. The number of rotatable bonds is 4. The normalized spacial score (nSPS) is 24.6. The van der Waals surface area contributed by atoms with Crippen LogP contribution in [0.25, 0.3) is 5.70 Å². The minimum atomic E-state index is -3.48. The maximum Gasteiger partial charge on any atom is 0.182 e. The number of benzene rings is 1. The molecule has 26 heavy (non-hydrogen) atoms. The number of hydroxylamine groups is 1. The molecule has 6 nitrogen and oxygen atoms in total. The molecule has 1 N–H and O–H groups in total. The summed E-state index contributed by atoms with van der Waals surface area (Å²) in [6.07, 6.45) is 3.15. The van der Waals surface area contributed by atoms with Gasteiger partial charge in [0.25, 0.3) is 0 Å². The highest BCUT2D eigenvalue weighted by atomic mass is 35.5. The van der Waals surface area contributed by atoms with Crippen molar-refractivity contribution in [3.63, 3.8) is 0 Å². The molecule has 2 atom stereocenters. The van der Waals surface area contributed by atoms with E-state index in [1.165, 1.54) is 25.3 Å². The van der Waals surface area contributed by atoms with Crippen LogP contribution in [0.4, 0.5) is 0 Å². The van der Waals surface area contributed by atoms with E-state index < -0.39 is 21.1 Å². The van der Waals surface area contributed by atoms with Crippen LogP contribution >= 0.6 is 11.6 Å². The lowest BCUT2D eigenvalue weighted by Gasteiger charge is -2.27. The molecule has 1 aromatic carbocycles. The van der Waals surface area contributed by atoms with Gasteiger partial charge in [0.15, 0.2) is 15.6 Å². The zero-order valence-electron chi connectivity index (χ0n) is 14.5. The van der Waals surface area contributed by atoms with Crippen molar-refractivity contribution >= 4 is 38.7 Å². The first-order valence-electron chi connectivity index (χ1n) is 8.35. The molecule has 3 rings (SSSR count). The van der Waals surface area contributed by atoms with E-state index in [1.807, 2.05) is 0 Å². The van der Waals surface area contributed by atoms with Crippen LogP contribution in [0.5, 0.6) is 0 Å². The van der Waals surface area contributed by atoms with Crippen LogP contribution in [0.3, 0.4) is 0 Å². The molecule has 1 aliphatic heterocycles. The Labute approximate surface area is 157 Å². The molecule has 2 unspecified atom stereocenters. The summed E-state index contributed by atoms with van der Waals surface area (Å²) in [5.41, 5.74) is 4.37. The Bertz CT molecular complexity index is 906. The third-order valence-electron chi connectivity index (χ3n) is 4.91. The third kappa shape index (κ3) is 3.19. The number of carbonyl (C=O) groups is 2. The minimum absolute atomic E-state index is 0.144. The fourth-order valence-corrected chi connectivity index (χ4v) is 5.43. The van der Waals surface area contributed by atoms with Gasteiger partial charge < -0.3 is 0 Å². The summed E-state index contributed by atoms with van der Waals surface area (Å²) in [6, 6.07) is 2.90. The first kappa shape index (κ1) is 19.1. The summed E-state index contributed by atoms with van der Waals surface area (Å²) in [7, 11) is -2.06. The summed E-state index contributed by atoms with van der Waals surface area (Å²) in [5.74, 6) is -1.54. The van der Waals surface area contributed by atoms with E-state index >= 15 is 0 Å². The Kier molecular flexibility index (Phi) is 5.23. The van der Waals surface area contributed by atoms with Crippen LogP contribution in [0.15, 0.2) is 23.1 Å². The molecule has 140 valence electrons. The van der Waals surface area contributed by atoms with Gasteiger partial charge in [0.1, 0.15) is 5.78 Å². The van der Waals surface area contributed by atoms with Gasteiger partial charge in [-0.25, -0.2) is 8.42 Å². The monoisotopic (exact) mass is 397 g/mol. The Balaban J connectivity index is 2.12. The predicted molar refractivity (Wildman–Crippen MR) is 97.7 cm³/mol. The molecular formula is C18H20ClNO5S. The SMILES string of the molecule is CONC1=CCS(=O)(=O)c2ccc(C(=O)C3C(=O)CCCC3Cl)c(C)c21. The van der Waals surface area contributed by atoms with Gasteiger partial charge in [-0.1, -0.05) is 0 Å². The molecule has 0 aromatic heterocycles. The molecule has 1 fully saturated rings. The van der Waals surface area contributed by atoms with E-state index in [4.69, 9.17) is 16.4 Å². The van der Waals surface area contributed by atoms with E-state index in [1.54, 1.807) is 6.92 Å². The summed E-state index contributed by atoms with van der Waals surface area (Å²) < 4.78 is 24.8. The standard InChI is InChI=1S/C18H20ClNO5S/c1-10-11(18(22)17-12(19)4-3-5-14(17)21)6-7-15-16(10)13(20-25-2)8-9-26(15,23)24/h6-8,12,17,20H,3-5,9H2,1-2H3. The van der Waals surface area contributed by atoms with E-state index in [0.717, 1.165) is 0 Å². The molecule has 8 heteroatoms. The second-order valence-electron chi connectivity index (χ2n) is 6.53. The van der Waals surface area contributed by atoms with E-state index in [2.05, 4.69) is 5.48 Å². The predicted octanol–water partition coefficient (Wildman–Crippen LogP) is 2.43. The summed E-state index contributed by atoms with van der Waals surface area (Å²) in [4.78, 5) is 30.4. The van der Waals surface area contributed by atoms with Crippen molar-refractivity contribution in [1.82, 2.24) is 5.48 Å². The number of halogens is 1. The lowest BCUT2D eigenvalue weighted by Crippen LogP contribution is -2.36. The first-order valence-corrected chi connectivity index (χ1v) is 10.4. The molecule has 0 spiro atoms. The molecule has 1 heterocycles. The van der Waals surface area contributed by atoms with Gasteiger partial charge in [-0.2, -0.15) is 0 Å². The molecule has 0 amide bonds. The Morgan fingerprint density at radius 3 is 2.73 bits per heavy atom. The van der Waals surface area contributed by atoms with Crippen molar-refractivity contribution in [2.45, 2.75) is 36.5 Å². The second kappa shape index (κ2) is 7.13. The van der Waals surface area contributed by atoms with Crippen LogP contribution in [0.1, 0.15) is 40.7 Å². The topological polar surface area (TPSA) is 89.5 Å². The van der Waals surface area contributed by atoms with Crippen LogP contribution < -0.4 is 5.48 Å². The van der Waals surface area contributed by atoms with Crippen molar-refractivity contribution in [3.05, 3.63) is 34.9 Å². The average molecular weight is 398 g/mol. The smallest absolute Gasteiger partial charge is 0.182 e. The van der Waals surface area contributed by atoms with Gasteiger partial charge in [-0.3, -0.25) is 19.9 Å². The molecule has 0 radical (unpaired) electrons. The summed E-state index contributed by atoms with van der Waals surface area (Å²) >= 11 is 6.26. The van der Waals surface area contributed by atoms with Gasteiger partial charge in [-0.15, -0.1) is 11.6 Å². The van der Waals surface area contributed by atoms with Gasteiger partial charge in [0.2, 0.25) is 0 Å². The lowest BCUT2D eigenvalue weighted by atomic mass is 9.81. The maximum atomic E-state index is 13.0. The number of hydrogen-bond donors (Lipinski definition) is 1. The second-order valence-corrected chi connectivity index (χ2v) is 9.10. The van der Waals surface area contributed by atoms with E-state index in [0.29, 0.717) is 41.6 Å². The first-order chi connectivity index (χ1) is 12.3. The Hall–Kier alpha value is -1.70. The minimum Gasteiger partial charge on any atom is -0.299 e. The van der Waals surface area contributed by atoms with Crippen LogP contribution in [-0.2, 0) is 19.5 Å².